The van der Waals surface area contributed by atoms with Gasteiger partial charge in [-0.3, -0.25) is 4.79 Å². The molecule has 2 aromatic carbocycles. The fourth-order valence-electron chi connectivity index (χ4n) is 4.18. The Hall–Kier alpha value is -3.87. The van der Waals surface area contributed by atoms with Gasteiger partial charge in [0.2, 0.25) is 0 Å². The minimum atomic E-state index is -0.530. The number of phenolic OH excluding ortho intramolecular Hbond substituents is 1. The Bertz CT molecular complexity index is 1320. The topological polar surface area (TPSA) is 75.9 Å². The summed E-state index contributed by atoms with van der Waals surface area (Å²) in [7, 11) is 1.59. The Morgan fingerprint density at radius 2 is 1.88 bits per heavy atom. The number of para-hydroxylation sites is 1. The number of hydrogen-bond acceptors (Lipinski definition) is 4. The van der Waals surface area contributed by atoms with Crippen molar-refractivity contribution < 1.29 is 19.0 Å². The minimum absolute atomic E-state index is 0.0397. The summed E-state index contributed by atoms with van der Waals surface area (Å²) in [4.78, 5) is 13.2. The second-order valence-corrected chi connectivity index (χ2v) is 8.17. The third-order valence-corrected chi connectivity index (χ3v) is 5.67. The number of pyridine rings is 1. The molecule has 0 bridgehead atoms. The molecule has 4 rings (SSSR count). The molecular weight excluding hydrogens is 421 g/mol. The average Bonchev–Trinajstić information content (AvgIpc) is 3.12. The molecule has 1 amide bonds. The SMILES string of the molecule is COc1ccccc1CNC(=O)c1ccc2c(-c3c(O)cccc3F)c(C)nn2c1C(C)C. The Labute approximate surface area is 191 Å². The van der Waals surface area contributed by atoms with Crippen LogP contribution in [-0.4, -0.2) is 27.7 Å². The molecule has 2 aromatic heterocycles. The van der Waals surface area contributed by atoms with E-state index in [9.17, 15) is 14.3 Å². The number of nitrogens with one attached hydrogen (secondary N) is 1. The minimum Gasteiger partial charge on any atom is -0.507 e. The lowest BCUT2D eigenvalue weighted by atomic mass is 9.99. The van der Waals surface area contributed by atoms with Crippen molar-refractivity contribution in [1.29, 1.82) is 0 Å². The third-order valence-electron chi connectivity index (χ3n) is 5.67. The van der Waals surface area contributed by atoms with Crippen LogP contribution in [0.15, 0.2) is 54.6 Å². The molecule has 0 atom stereocenters. The molecule has 7 heteroatoms. The highest BCUT2D eigenvalue weighted by atomic mass is 19.1. The van der Waals surface area contributed by atoms with E-state index in [4.69, 9.17) is 4.74 Å². The maximum atomic E-state index is 14.6. The Morgan fingerprint density at radius 1 is 1.12 bits per heavy atom. The number of carbonyl (C=O) groups is 1. The number of nitrogens with zero attached hydrogens (tertiary/aromatic N) is 2. The lowest BCUT2D eigenvalue weighted by molar-refractivity contribution is 0.0948. The zero-order valence-electron chi connectivity index (χ0n) is 19.0. The van der Waals surface area contributed by atoms with Gasteiger partial charge >= 0.3 is 0 Å². The second-order valence-electron chi connectivity index (χ2n) is 8.17. The van der Waals surface area contributed by atoms with E-state index in [0.29, 0.717) is 40.3 Å². The van der Waals surface area contributed by atoms with Gasteiger partial charge in [-0.25, -0.2) is 8.91 Å². The van der Waals surface area contributed by atoms with Crippen LogP contribution in [0.1, 0.15) is 47.1 Å². The number of phenols is 1. The molecule has 0 unspecified atom stereocenters. The van der Waals surface area contributed by atoms with Crippen LogP contribution in [0.3, 0.4) is 0 Å². The van der Waals surface area contributed by atoms with Crippen LogP contribution in [0.25, 0.3) is 16.6 Å². The van der Waals surface area contributed by atoms with Crippen molar-refractivity contribution in [1.82, 2.24) is 14.9 Å². The Kier molecular flexibility index (Phi) is 6.05. The molecule has 2 heterocycles. The van der Waals surface area contributed by atoms with Gasteiger partial charge in [-0.05, 0) is 43.2 Å². The van der Waals surface area contributed by atoms with Crippen molar-refractivity contribution in [3.05, 3.63) is 82.9 Å². The van der Waals surface area contributed by atoms with Gasteiger partial charge in [0, 0.05) is 17.7 Å². The zero-order chi connectivity index (χ0) is 23.7. The molecule has 33 heavy (non-hydrogen) atoms. The molecule has 0 spiro atoms. The number of rotatable bonds is 6. The fourth-order valence-corrected chi connectivity index (χ4v) is 4.18. The summed E-state index contributed by atoms with van der Waals surface area (Å²) < 4.78 is 21.7. The molecule has 0 fully saturated rings. The van der Waals surface area contributed by atoms with Crippen molar-refractivity contribution in [2.24, 2.45) is 0 Å². The summed E-state index contributed by atoms with van der Waals surface area (Å²) in [6, 6.07) is 15.2. The number of carbonyl (C=O) groups excluding carboxylic acids is 1. The van der Waals surface area contributed by atoms with Gasteiger partial charge in [0.15, 0.2) is 0 Å². The van der Waals surface area contributed by atoms with Gasteiger partial charge in [0.05, 0.1) is 35.1 Å². The Morgan fingerprint density at radius 3 is 2.58 bits per heavy atom. The largest absolute Gasteiger partial charge is 0.507 e. The molecule has 0 saturated carbocycles. The van der Waals surface area contributed by atoms with Crippen molar-refractivity contribution >= 4 is 11.4 Å². The van der Waals surface area contributed by atoms with E-state index in [1.165, 1.54) is 18.2 Å². The van der Waals surface area contributed by atoms with E-state index in [1.54, 1.807) is 30.7 Å². The highest BCUT2D eigenvalue weighted by Gasteiger charge is 2.24. The highest BCUT2D eigenvalue weighted by molar-refractivity contribution is 5.97. The van der Waals surface area contributed by atoms with Crippen LogP contribution in [0.2, 0.25) is 0 Å². The van der Waals surface area contributed by atoms with Gasteiger partial charge in [0.25, 0.3) is 5.91 Å². The summed E-state index contributed by atoms with van der Waals surface area (Å²) in [5, 5.41) is 17.9. The van der Waals surface area contributed by atoms with Gasteiger partial charge in [-0.1, -0.05) is 38.1 Å². The summed E-state index contributed by atoms with van der Waals surface area (Å²) in [5.41, 5.74) is 3.85. The van der Waals surface area contributed by atoms with Crippen molar-refractivity contribution in [3.8, 4) is 22.6 Å². The third kappa shape index (κ3) is 4.02. The van der Waals surface area contributed by atoms with Gasteiger partial charge < -0.3 is 15.2 Å². The average molecular weight is 448 g/mol. The van der Waals surface area contributed by atoms with Crippen LogP contribution in [0, 0.1) is 12.7 Å². The van der Waals surface area contributed by atoms with Crippen molar-refractivity contribution in [2.45, 2.75) is 33.2 Å². The number of amides is 1. The number of methoxy groups -OCH3 is 1. The number of halogens is 1. The molecule has 170 valence electrons. The first-order valence-electron chi connectivity index (χ1n) is 10.7. The smallest absolute Gasteiger partial charge is 0.253 e. The number of aromatic hydroxyl groups is 1. The first kappa shape index (κ1) is 22.3. The molecule has 0 aliphatic heterocycles. The van der Waals surface area contributed by atoms with Crippen LogP contribution in [0.5, 0.6) is 11.5 Å². The number of aromatic nitrogens is 2. The Balaban J connectivity index is 1.78. The van der Waals surface area contributed by atoms with E-state index >= 15 is 0 Å². The zero-order valence-corrected chi connectivity index (χ0v) is 19.0. The van der Waals surface area contributed by atoms with Crippen LogP contribution >= 0.6 is 0 Å². The molecule has 0 aliphatic rings. The van der Waals surface area contributed by atoms with E-state index in [2.05, 4.69) is 10.4 Å². The lowest BCUT2D eigenvalue weighted by Crippen LogP contribution is -2.25. The van der Waals surface area contributed by atoms with Gasteiger partial charge in [-0.15, -0.1) is 0 Å². The fraction of sp³-hybridized carbons (Fsp3) is 0.231. The molecule has 6 nitrogen and oxygen atoms in total. The van der Waals surface area contributed by atoms with Gasteiger partial charge in [0.1, 0.15) is 17.3 Å². The summed E-state index contributed by atoms with van der Waals surface area (Å²) in [6.45, 7) is 6.02. The number of fused-ring (bicyclic) bond motifs is 1. The van der Waals surface area contributed by atoms with E-state index in [-0.39, 0.29) is 23.1 Å². The number of benzene rings is 2. The monoisotopic (exact) mass is 447 g/mol. The predicted octanol–water partition coefficient (Wildman–Crippen LogP) is 5.22. The second kappa shape index (κ2) is 8.94. The first-order chi connectivity index (χ1) is 15.8. The van der Waals surface area contributed by atoms with Crippen LogP contribution < -0.4 is 10.1 Å². The molecule has 2 N–H and O–H groups in total. The van der Waals surface area contributed by atoms with E-state index in [0.717, 1.165) is 5.56 Å². The number of aryl methyl sites for hydroxylation is 1. The number of ether oxygens (including phenoxy) is 1. The first-order valence-corrected chi connectivity index (χ1v) is 10.7. The molecular formula is C26H26FN3O3. The predicted molar refractivity (Wildman–Crippen MR) is 125 cm³/mol. The summed E-state index contributed by atoms with van der Waals surface area (Å²) >= 11 is 0. The van der Waals surface area contributed by atoms with Crippen molar-refractivity contribution in [3.63, 3.8) is 0 Å². The quantitative estimate of drug-likeness (QED) is 0.425. The van der Waals surface area contributed by atoms with Gasteiger partial charge in [-0.2, -0.15) is 5.10 Å². The standard InChI is InChI=1S/C26H26FN3O3/c1-15(2)25-18(26(32)28-14-17-8-5-6-11-22(17)33-4)12-13-20-23(16(3)29-30(20)25)24-19(27)9-7-10-21(24)31/h5-13,15,31H,14H2,1-4H3,(H,28,32). The normalized spacial score (nSPS) is 11.2. The van der Waals surface area contributed by atoms with E-state index in [1.807, 2.05) is 38.1 Å². The van der Waals surface area contributed by atoms with E-state index < -0.39 is 5.82 Å². The van der Waals surface area contributed by atoms with Crippen LogP contribution in [0.4, 0.5) is 4.39 Å². The summed E-state index contributed by atoms with van der Waals surface area (Å²) in [5.74, 6) is -0.262. The number of hydrogen-bond donors (Lipinski definition) is 2. The van der Waals surface area contributed by atoms with Crippen molar-refractivity contribution in [2.75, 3.05) is 7.11 Å². The highest BCUT2D eigenvalue weighted by Crippen LogP contribution is 2.38. The molecule has 0 radical (unpaired) electrons. The summed E-state index contributed by atoms with van der Waals surface area (Å²) in [6.07, 6.45) is 0. The van der Waals surface area contributed by atoms with Crippen LogP contribution in [-0.2, 0) is 6.54 Å². The lowest BCUT2D eigenvalue weighted by Gasteiger charge is -2.16. The molecule has 0 saturated heterocycles. The molecule has 4 aromatic rings. The maximum Gasteiger partial charge on any atom is 0.253 e. The maximum absolute atomic E-state index is 14.6. The molecule has 0 aliphatic carbocycles.